The van der Waals surface area contributed by atoms with Gasteiger partial charge in [0.25, 0.3) is 0 Å². The highest BCUT2D eigenvalue weighted by Crippen LogP contribution is 2.31. The van der Waals surface area contributed by atoms with E-state index in [1.54, 1.807) is 12.1 Å². The standard InChI is InChI=1S/C21H22N2O2/c1-22-17(12-15-6-2-5-9-20(15)22)14-23-11-10-16(13-23)18-7-3-4-8-19(18)21(24)25/h2-9,12,16H,10-11,13-14H2,1H3,(H,24,25)/t16-/m0/s1. The first-order valence-corrected chi connectivity index (χ1v) is 8.71. The Labute approximate surface area is 147 Å². The van der Waals surface area contributed by atoms with E-state index in [0.29, 0.717) is 11.5 Å². The van der Waals surface area contributed by atoms with Crippen LogP contribution >= 0.6 is 0 Å². The number of carbonyl (C=O) groups is 1. The molecule has 25 heavy (non-hydrogen) atoms. The van der Waals surface area contributed by atoms with E-state index in [4.69, 9.17) is 0 Å². The molecule has 128 valence electrons. The lowest BCUT2D eigenvalue weighted by atomic mass is 9.93. The lowest BCUT2D eigenvalue weighted by molar-refractivity contribution is 0.0695. The molecule has 1 aromatic heterocycles. The summed E-state index contributed by atoms with van der Waals surface area (Å²) in [6.07, 6.45) is 1.01. The van der Waals surface area contributed by atoms with Crippen LogP contribution in [0, 0.1) is 0 Å². The quantitative estimate of drug-likeness (QED) is 0.788. The number of carboxylic acids is 1. The Morgan fingerprint density at radius 2 is 1.92 bits per heavy atom. The van der Waals surface area contributed by atoms with Crippen LogP contribution in [0.2, 0.25) is 0 Å². The van der Waals surface area contributed by atoms with Gasteiger partial charge in [-0.25, -0.2) is 4.79 Å². The van der Waals surface area contributed by atoms with Crippen LogP contribution in [0.4, 0.5) is 0 Å². The Bertz CT molecular complexity index is 929. The fourth-order valence-corrected chi connectivity index (χ4v) is 4.00. The van der Waals surface area contributed by atoms with E-state index in [1.807, 2.05) is 12.1 Å². The number of hydrogen-bond acceptors (Lipinski definition) is 2. The number of aromatic nitrogens is 1. The number of benzene rings is 2. The number of rotatable bonds is 4. The number of aromatic carboxylic acids is 1. The van der Waals surface area contributed by atoms with Crippen LogP contribution < -0.4 is 0 Å². The van der Waals surface area contributed by atoms with Crippen LogP contribution in [0.3, 0.4) is 0 Å². The Kier molecular flexibility index (Phi) is 4.06. The van der Waals surface area contributed by atoms with Crippen molar-refractivity contribution in [3.05, 3.63) is 71.4 Å². The highest BCUT2D eigenvalue weighted by molar-refractivity contribution is 5.89. The van der Waals surface area contributed by atoms with Gasteiger partial charge in [0.15, 0.2) is 0 Å². The normalized spacial score (nSPS) is 18.0. The third-order valence-corrected chi connectivity index (χ3v) is 5.34. The van der Waals surface area contributed by atoms with Crippen molar-refractivity contribution in [1.82, 2.24) is 9.47 Å². The summed E-state index contributed by atoms with van der Waals surface area (Å²) in [4.78, 5) is 13.9. The van der Waals surface area contributed by atoms with Crippen LogP contribution in [-0.2, 0) is 13.6 Å². The average molecular weight is 334 g/mol. The predicted molar refractivity (Wildman–Crippen MR) is 99.0 cm³/mol. The van der Waals surface area contributed by atoms with Crippen molar-refractivity contribution in [2.45, 2.75) is 18.9 Å². The second kappa shape index (κ2) is 6.37. The van der Waals surface area contributed by atoms with Gasteiger partial charge in [0.1, 0.15) is 0 Å². The first-order valence-electron chi connectivity index (χ1n) is 8.71. The van der Waals surface area contributed by atoms with Gasteiger partial charge in [0, 0.05) is 31.3 Å². The molecule has 0 radical (unpaired) electrons. The summed E-state index contributed by atoms with van der Waals surface area (Å²) in [7, 11) is 2.12. The summed E-state index contributed by atoms with van der Waals surface area (Å²) >= 11 is 0. The molecule has 4 heteroatoms. The van der Waals surface area contributed by atoms with Crippen LogP contribution in [0.1, 0.15) is 34.0 Å². The maximum atomic E-state index is 11.5. The molecule has 1 saturated heterocycles. The highest BCUT2D eigenvalue weighted by Gasteiger charge is 2.27. The minimum absolute atomic E-state index is 0.294. The SMILES string of the molecule is Cn1c(CN2CC[C@H](c3ccccc3C(=O)O)C2)cc2ccccc21. The monoisotopic (exact) mass is 334 g/mol. The molecule has 0 spiro atoms. The molecule has 4 nitrogen and oxygen atoms in total. The summed E-state index contributed by atoms with van der Waals surface area (Å²) < 4.78 is 2.26. The Hall–Kier alpha value is -2.59. The van der Waals surface area contributed by atoms with E-state index in [9.17, 15) is 9.90 Å². The summed E-state index contributed by atoms with van der Waals surface area (Å²) in [5.74, 6) is -0.537. The molecule has 4 rings (SSSR count). The molecule has 0 amide bonds. The van der Waals surface area contributed by atoms with Gasteiger partial charge >= 0.3 is 5.97 Å². The molecule has 2 heterocycles. The molecule has 1 aliphatic rings. The summed E-state index contributed by atoms with van der Waals surface area (Å²) in [6, 6.07) is 18.1. The summed E-state index contributed by atoms with van der Waals surface area (Å²) in [5.41, 5.74) is 3.96. The maximum Gasteiger partial charge on any atom is 0.335 e. The molecule has 0 saturated carbocycles. The van der Waals surface area contributed by atoms with Crippen molar-refractivity contribution in [2.24, 2.45) is 7.05 Å². The van der Waals surface area contributed by atoms with E-state index >= 15 is 0 Å². The van der Waals surface area contributed by atoms with Gasteiger partial charge < -0.3 is 9.67 Å². The van der Waals surface area contributed by atoms with Crippen LogP contribution in [0.15, 0.2) is 54.6 Å². The number of hydrogen-bond donors (Lipinski definition) is 1. The van der Waals surface area contributed by atoms with Crippen molar-refractivity contribution in [3.63, 3.8) is 0 Å². The Morgan fingerprint density at radius 3 is 2.72 bits per heavy atom. The number of carboxylic acid groups (broad SMARTS) is 1. The van der Waals surface area contributed by atoms with Gasteiger partial charge in [-0.1, -0.05) is 36.4 Å². The van der Waals surface area contributed by atoms with E-state index in [1.165, 1.54) is 16.6 Å². The lowest BCUT2D eigenvalue weighted by Crippen LogP contribution is -2.21. The third-order valence-electron chi connectivity index (χ3n) is 5.34. The van der Waals surface area contributed by atoms with Gasteiger partial charge in [0.05, 0.1) is 5.56 Å². The minimum Gasteiger partial charge on any atom is -0.478 e. The summed E-state index contributed by atoms with van der Waals surface area (Å²) in [6.45, 7) is 2.81. The lowest BCUT2D eigenvalue weighted by Gasteiger charge is -2.17. The van der Waals surface area contributed by atoms with Gasteiger partial charge in [-0.05, 0) is 48.0 Å². The molecular weight excluding hydrogens is 312 g/mol. The minimum atomic E-state index is -0.831. The van der Waals surface area contributed by atoms with E-state index in [-0.39, 0.29) is 0 Å². The van der Waals surface area contributed by atoms with Crippen molar-refractivity contribution in [2.75, 3.05) is 13.1 Å². The first kappa shape index (κ1) is 15.9. The van der Waals surface area contributed by atoms with Gasteiger partial charge in [-0.2, -0.15) is 0 Å². The highest BCUT2D eigenvalue weighted by atomic mass is 16.4. The fourth-order valence-electron chi connectivity index (χ4n) is 4.00. The second-order valence-corrected chi connectivity index (χ2v) is 6.87. The third kappa shape index (κ3) is 2.94. The molecule has 2 aromatic carbocycles. The van der Waals surface area contributed by atoms with Crippen molar-refractivity contribution in [3.8, 4) is 0 Å². The van der Waals surface area contributed by atoms with Crippen LogP contribution in [0.5, 0.6) is 0 Å². The zero-order chi connectivity index (χ0) is 17.4. The molecule has 3 aromatic rings. The molecule has 0 aliphatic carbocycles. The van der Waals surface area contributed by atoms with Crippen LogP contribution in [0.25, 0.3) is 10.9 Å². The predicted octanol–water partition coefficient (Wildman–Crippen LogP) is 3.87. The van der Waals surface area contributed by atoms with Gasteiger partial charge in [-0.15, -0.1) is 0 Å². The van der Waals surface area contributed by atoms with Crippen molar-refractivity contribution < 1.29 is 9.90 Å². The first-order chi connectivity index (χ1) is 12.1. The topological polar surface area (TPSA) is 45.5 Å². The molecule has 1 aliphatic heterocycles. The van der Waals surface area contributed by atoms with Crippen molar-refractivity contribution >= 4 is 16.9 Å². The Morgan fingerprint density at radius 1 is 1.16 bits per heavy atom. The Balaban J connectivity index is 1.53. The molecule has 1 atom stereocenters. The zero-order valence-corrected chi connectivity index (χ0v) is 14.4. The van der Waals surface area contributed by atoms with Crippen molar-refractivity contribution in [1.29, 1.82) is 0 Å². The smallest absolute Gasteiger partial charge is 0.335 e. The van der Waals surface area contributed by atoms with E-state index in [2.05, 4.69) is 46.8 Å². The number of nitrogens with zero attached hydrogens (tertiary/aromatic N) is 2. The number of aryl methyl sites for hydroxylation is 1. The maximum absolute atomic E-state index is 11.5. The molecule has 1 N–H and O–H groups in total. The molecule has 0 bridgehead atoms. The number of para-hydroxylation sites is 1. The largest absolute Gasteiger partial charge is 0.478 e. The van der Waals surface area contributed by atoms with Gasteiger partial charge in [-0.3, -0.25) is 4.90 Å². The fraction of sp³-hybridized carbons (Fsp3) is 0.286. The number of likely N-dealkylation sites (tertiary alicyclic amines) is 1. The number of fused-ring (bicyclic) bond motifs is 1. The van der Waals surface area contributed by atoms with Gasteiger partial charge in [0.2, 0.25) is 0 Å². The van der Waals surface area contributed by atoms with Crippen LogP contribution in [-0.4, -0.2) is 33.6 Å². The molecule has 1 fully saturated rings. The molecular formula is C21H22N2O2. The summed E-state index contributed by atoms with van der Waals surface area (Å²) in [5, 5.41) is 10.7. The average Bonchev–Trinajstić information content (AvgIpc) is 3.21. The van der Waals surface area contributed by atoms with E-state index < -0.39 is 5.97 Å². The zero-order valence-electron chi connectivity index (χ0n) is 14.4. The molecule has 0 unspecified atom stereocenters. The van der Waals surface area contributed by atoms with E-state index in [0.717, 1.165) is 31.6 Å². The second-order valence-electron chi connectivity index (χ2n) is 6.87.